The Morgan fingerprint density at radius 1 is 1.50 bits per heavy atom. The smallest absolute Gasteiger partial charge is 0.323 e. The molecule has 74 valence electrons. The lowest BCUT2D eigenvalue weighted by Gasteiger charge is -2.13. The molecule has 12 heavy (non-hydrogen) atoms. The lowest BCUT2D eigenvalue weighted by molar-refractivity contribution is -0.146. The highest BCUT2D eigenvalue weighted by atomic mass is 35.5. The van der Waals surface area contributed by atoms with Gasteiger partial charge in [-0.1, -0.05) is 20.8 Å². The molecule has 0 rings (SSSR count). The molecule has 4 heteroatoms. The molecule has 0 amide bonds. The van der Waals surface area contributed by atoms with E-state index in [0.29, 0.717) is 6.61 Å². The molecule has 0 aliphatic rings. The van der Waals surface area contributed by atoms with Gasteiger partial charge in [-0.25, -0.2) is 0 Å². The van der Waals surface area contributed by atoms with Crippen LogP contribution in [0.4, 0.5) is 0 Å². The Morgan fingerprint density at radius 3 is 2.33 bits per heavy atom. The number of rotatable bonds is 4. The Bertz CT molecular complexity index is 128. The number of hydrogen-bond acceptors (Lipinski definition) is 3. The molecule has 0 heterocycles. The second-order valence-corrected chi connectivity index (χ2v) is 2.94. The molecule has 0 aromatic carbocycles. The molecular weight excluding hydrogens is 178 g/mol. The van der Waals surface area contributed by atoms with E-state index in [2.05, 4.69) is 0 Å². The zero-order chi connectivity index (χ0) is 8.85. The highest BCUT2D eigenvalue weighted by Crippen LogP contribution is 2.00. The molecule has 0 aromatic heterocycles. The van der Waals surface area contributed by atoms with Crippen LogP contribution in [0.5, 0.6) is 0 Å². The van der Waals surface area contributed by atoms with Crippen LogP contribution in [0, 0.1) is 5.92 Å². The Morgan fingerprint density at radius 2 is 2.00 bits per heavy atom. The SMILES string of the molecule is CCCOC(=O)C(N)C(C)C.Cl. The van der Waals surface area contributed by atoms with Crippen molar-refractivity contribution in [3.8, 4) is 0 Å². The summed E-state index contributed by atoms with van der Waals surface area (Å²) in [6.45, 7) is 6.23. The first-order valence-electron chi connectivity index (χ1n) is 4.01. The van der Waals surface area contributed by atoms with Crippen LogP contribution in [0.25, 0.3) is 0 Å². The van der Waals surface area contributed by atoms with Crippen LogP contribution >= 0.6 is 12.4 Å². The zero-order valence-corrected chi connectivity index (χ0v) is 8.69. The number of halogens is 1. The Balaban J connectivity index is 0. The summed E-state index contributed by atoms with van der Waals surface area (Å²) in [7, 11) is 0. The first kappa shape index (κ1) is 14.3. The molecule has 0 aromatic rings. The number of ether oxygens (including phenoxy) is 1. The van der Waals surface area contributed by atoms with E-state index in [9.17, 15) is 4.79 Å². The summed E-state index contributed by atoms with van der Waals surface area (Å²) in [5.41, 5.74) is 5.53. The van der Waals surface area contributed by atoms with Gasteiger partial charge in [0.1, 0.15) is 6.04 Å². The topological polar surface area (TPSA) is 52.3 Å². The van der Waals surface area contributed by atoms with Gasteiger partial charge in [0.2, 0.25) is 0 Å². The van der Waals surface area contributed by atoms with Crippen LogP contribution in [0.2, 0.25) is 0 Å². The van der Waals surface area contributed by atoms with Gasteiger partial charge in [-0.2, -0.15) is 0 Å². The molecule has 2 N–H and O–H groups in total. The molecule has 0 fully saturated rings. The summed E-state index contributed by atoms with van der Waals surface area (Å²) in [6, 6.07) is -0.471. The maximum absolute atomic E-state index is 11.0. The van der Waals surface area contributed by atoms with E-state index >= 15 is 0 Å². The van der Waals surface area contributed by atoms with E-state index in [1.165, 1.54) is 0 Å². The average molecular weight is 196 g/mol. The van der Waals surface area contributed by atoms with Crippen molar-refractivity contribution in [3.05, 3.63) is 0 Å². The van der Waals surface area contributed by atoms with Gasteiger partial charge in [0.05, 0.1) is 6.61 Å². The average Bonchev–Trinajstić information content (AvgIpc) is 1.98. The largest absolute Gasteiger partial charge is 0.465 e. The molecule has 0 aliphatic heterocycles. The van der Waals surface area contributed by atoms with E-state index in [4.69, 9.17) is 10.5 Å². The summed E-state index contributed by atoms with van der Waals surface area (Å²) in [6.07, 6.45) is 0.844. The van der Waals surface area contributed by atoms with E-state index in [-0.39, 0.29) is 24.3 Å². The van der Waals surface area contributed by atoms with Gasteiger partial charge >= 0.3 is 5.97 Å². The van der Waals surface area contributed by atoms with E-state index in [1.807, 2.05) is 20.8 Å². The second kappa shape index (κ2) is 7.37. The molecule has 1 unspecified atom stereocenters. The molecule has 3 nitrogen and oxygen atoms in total. The first-order chi connectivity index (χ1) is 5.09. The molecule has 0 radical (unpaired) electrons. The van der Waals surface area contributed by atoms with Gasteiger partial charge in [0.15, 0.2) is 0 Å². The van der Waals surface area contributed by atoms with Crippen LogP contribution in [-0.4, -0.2) is 18.6 Å². The van der Waals surface area contributed by atoms with Gasteiger partial charge in [0.25, 0.3) is 0 Å². The number of esters is 1. The van der Waals surface area contributed by atoms with E-state index < -0.39 is 6.04 Å². The quantitative estimate of drug-likeness (QED) is 0.689. The maximum atomic E-state index is 11.0. The van der Waals surface area contributed by atoms with Crippen molar-refractivity contribution in [2.45, 2.75) is 33.2 Å². The molecule has 0 saturated carbocycles. The third-order valence-corrected chi connectivity index (χ3v) is 1.44. The van der Waals surface area contributed by atoms with Crippen molar-refractivity contribution in [1.29, 1.82) is 0 Å². The van der Waals surface area contributed by atoms with Gasteiger partial charge in [0, 0.05) is 0 Å². The zero-order valence-electron chi connectivity index (χ0n) is 7.87. The van der Waals surface area contributed by atoms with Gasteiger partial charge in [-0.05, 0) is 12.3 Å². The van der Waals surface area contributed by atoms with Crippen LogP contribution in [0.1, 0.15) is 27.2 Å². The number of carbonyl (C=O) groups is 1. The number of hydrogen-bond donors (Lipinski definition) is 1. The van der Waals surface area contributed by atoms with Crippen molar-refractivity contribution in [2.75, 3.05) is 6.61 Å². The molecule has 0 bridgehead atoms. The summed E-state index contributed by atoms with van der Waals surface area (Å²) in [5, 5.41) is 0. The fourth-order valence-corrected chi connectivity index (χ4v) is 0.571. The monoisotopic (exact) mass is 195 g/mol. The Labute approximate surface area is 80.1 Å². The lowest BCUT2D eigenvalue weighted by atomic mass is 10.1. The normalized spacial score (nSPS) is 12.1. The fourth-order valence-electron chi connectivity index (χ4n) is 0.571. The third kappa shape index (κ3) is 5.38. The standard InChI is InChI=1S/C8H17NO2.ClH/c1-4-5-11-8(10)7(9)6(2)3;/h6-7H,4-5,9H2,1-3H3;1H. The fraction of sp³-hybridized carbons (Fsp3) is 0.875. The molecule has 1 atom stereocenters. The third-order valence-electron chi connectivity index (χ3n) is 1.44. The van der Waals surface area contributed by atoms with Crippen molar-refractivity contribution in [2.24, 2.45) is 11.7 Å². The van der Waals surface area contributed by atoms with Gasteiger partial charge in [-0.15, -0.1) is 12.4 Å². The summed E-state index contributed by atoms with van der Waals surface area (Å²) in [4.78, 5) is 11.0. The minimum Gasteiger partial charge on any atom is -0.465 e. The highest BCUT2D eigenvalue weighted by molar-refractivity contribution is 5.85. The number of nitrogens with two attached hydrogens (primary N) is 1. The predicted molar refractivity (Wildman–Crippen MR) is 51.3 cm³/mol. The summed E-state index contributed by atoms with van der Waals surface area (Å²) < 4.78 is 4.85. The van der Waals surface area contributed by atoms with E-state index in [0.717, 1.165) is 6.42 Å². The highest BCUT2D eigenvalue weighted by Gasteiger charge is 2.17. The van der Waals surface area contributed by atoms with Crippen molar-refractivity contribution in [1.82, 2.24) is 0 Å². The van der Waals surface area contributed by atoms with Crippen LogP contribution in [0.3, 0.4) is 0 Å². The molecule has 0 aliphatic carbocycles. The minimum absolute atomic E-state index is 0. The molecule has 0 spiro atoms. The van der Waals surface area contributed by atoms with Crippen molar-refractivity contribution >= 4 is 18.4 Å². The second-order valence-electron chi connectivity index (χ2n) is 2.94. The summed E-state index contributed by atoms with van der Waals surface area (Å²) >= 11 is 0. The predicted octanol–water partition coefficient (Wildman–Crippen LogP) is 1.34. The van der Waals surface area contributed by atoms with E-state index in [1.54, 1.807) is 0 Å². The Kier molecular flexibility index (Phi) is 8.76. The maximum Gasteiger partial charge on any atom is 0.323 e. The van der Waals surface area contributed by atoms with Crippen LogP contribution in [0.15, 0.2) is 0 Å². The molecular formula is C8H18ClNO2. The van der Waals surface area contributed by atoms with Crippen LogP contribution < -0.4 is 5.73 Å². The first-order valence-corrected chi connectivity index (χ1v) is 4.01. The van der Waals surface area contributed by atoms with Crippen LogP contribution in [-0.2, 0) is 9.53 Å². The van der Waals surface area contributed by atoms with Crippen molar-refractivity contribution < 1.29 is 9.53 Å². The number of carbonyl (C=O) groups excluding carboxylic acids is 1. The van der Waals surface area contributed by atoms with Gasteiger partial charge < -0.3 is 10.5 Å². The van der Waals surface area contributed by atoms with Crippen molar-refractivity contribution in [3.63, 3.8) is 0 Å². The minimum atomic E-state index is -0.471. The lowest BCUT2D eigenvalue weighted by Crippen LogP contribution is -2.37. The summed E-state index contributed by atoms with van der Waals surface area (Å²) in [5.74, 6) is -0.138. The molecule has 0 saturated heterocycles. The van der Waals surface area contributed by atoms with Gasteiger partial charge in [-0.3, -0.25) is 4.79 Å². The Hall–Kier alpha value is -0.280.